The van der Waals surface area contributed by atoms with Crippen LogP contribution in [0, 0.1) is 0 Å². The highest BCUT2D eigenvalue weighted by atomic mass is 16.5. The second-order valence-corrected chi connectivity index (χ2v) is 7.38. The third-order valence-corrected chi connectivity index (χ3v) is 5.43. The fraction of sp³-hybridized carbons (Fsp3) is 0.409. The summed E-state index contributed by atoms with van der Waals surface area (Å²) in [7, 11) is 0. The topological polar surface area (TPSA) is 94.5 Å². The zero-order valence-electron chi connectivity index (χ0n) is 16.6. The summed E-state index contributed by atoms with van der Waals surface area (Å²) in [6, 6.07) is 11.8. The lowest BCUT2D eigenvalue weighted by Crippen LogP contribution is -2.38. The van der Waals surface area contributed by atoms with E-state index in [9.17, 15) is 4.79 Å². The van der Waals surface area contributed by atoms with Crippen molar-refractivity contribution in [2.75, 3.05) is 25.4 Å². The molecule has 3 heterocycles. The zero-order chi connectivity index (χ0) is 20.2. The fourth-order valence-electron chi connectivity index (χ4n) is 3.89. The van der Waals surface area contributed by atoms with Crippen molar-refractivity contribution in [2.24, 2.45) is 0 Å². The molecule has 29 heavy (non-hydrogen) atoms. The van der Waals surface area contributed by atoms with Crippen molar-refractivity contribution in [3.8, 4) is 5.88 Å². The van der Waals surface area contributed by atoms with Gasteiger partial charge in [0.05, 0.1) is 23.5 Å². The summed E-state index contributed by atoms with van der Waals surface area (Å²) >= 11 is 0. The molecule has 1 aromatic carbocycles. The number of aryl methyl sites for hydroxylation is 1. The van der Waals surface area contributed by atoms with Gasteiger partial charge in [-0.1, -0.05) is 18.2 Å². The molecule has 1 aliphatic rings. The van der Waals surface area contributed by atoms with Crippen LogP contribution in [0.1, 0.15) is 43.6 Å². The van der Waals surface area contributed by atoms with Crippen molar-refractivity contribution >= 4 is 22.5 Å². The monoisotopic (exact) mass is 394 g/mol. The number of carbonyl (C=O) groups excluding carboxylic acids is 1. The van der Waals surface area contributed by atoms with Gasteiger partial charge in [-0.25, -0.2) is 0 Å². The van der Waals surface area contributed by atoms with Gasteiger partial charge in [-0.05, 0) is 37.1 Å². The van der Waals surface area contributed by atoms with Crippen molar-refractivity contribution in [1.29, 1.82) is 0 Å². The number of likely N-dealkylation sites (tertiary alicyclic amines) is 1. The molecule has 0 atom stereocenters. The summed E-state index contributed by atoms with van der Waals surface area (Å²) in [6.07, 6.45) is 2.68. The number of pyridine rings is 1. The number of fused-ring (bicyclic) bond motifs is 1. The Kier molecular flexibility index (Phi) is 5.64. The second kappa shape index (κ2) is 8.51. The van der Waals surface area contributed by atoms with E-state index in [4.69, 9.17) is 20.0 Å². The highest BCUT2D eigenvalue weighted by molar-refractivity contribution is 5.82. The number of aromatic nitrogens is 2. The Morgan fingerprint density at radius 2 is 2.07 bits per heavy atom. The first-order valence-corrected chi connectivity index (χ1v) is 10.2. The molecule has 3 aromatic rings. The predicted molar refractivity (Wildman–Crippen MR) is 111 cm³/mol. The van der Waals surface area contributed by atoms with E-state index in [2.05, 4.69) is 5.16 Å². The number of para-hydroxylation sites is 1. The van der Waals surface area contributed by atoms with Gasteiger partial charge in [0, 0.05) is 43.3 Å². The molecule has 152 valence electrons. The number of nitrogen functional groups attached to an aromatic ring is 1. The number of carbonyl (C=O) groups is 1. The number of nitrogens with zero attached hydrogens (tertiary/aromatic N) is 3. The van der Waals surface area contributed by atoms with Gasteiger partial charge < -0.3 is 19.9 Å². The maximum absolute atomic E-state index is 12.6. The maximum Gasteiger partial charge on any atom is 0.254 e. The van der Waals surface area contributed by atoms with E-state index in [0.29, 0.717) is 31.1 Å². The van der Waals surface area contributed by atoms with Gasteiger partial charge >= 0.3 is 0 Å². The molecule has 1 aliphatic heterocycles. The highest BCUT2D eigenvalue weighted by Gasteiger charge is 2.26. The summed E-state index contributed by atoms with van der Waals surface area (Å²) in [4.78, 5) is 19.3. The van der Waals surface area contributed by atoms with Crippen molar-refractivity contribution < 1.29 is 14.1 Å². The Bertz CT molecular complexity index is 993. The molecule has 0 unspecified atom stereocenters. The average molecular weight is 394 g/mol. The molecule has 7 nitrogen and oxygen atoms in total. The van der Waals surface area contributed by atoms with Crippen LogP contribution in [0.3, 0.4) is 0 Å². The molecule has 0 saturated carbocycles. The smallest absolute Gasteiger partial charge is 0.254 e. The van der Waals surface area contributed by atoms with Crippen LogP contribution in [-0.2, 0) is 11.2 Å². The Morgan fingerprint density at radius 3 is 2.86 bits per heavy atom. The quantitative estimate of drug-likeness (QED) is 0.687. The number of hydrogen-bond acceptors (Lipinski definition) is 6. The lowest BCUT2D eigenvalue weighted by atomic mass is 9.91. The van der Waals surface area contributed by atoms with E-state index < -0.39 is 0 Å². The standard InChI is InChI=1S/C22H26N4O3/c1-2-28-20-14-17(29-25-20)7-8-21(27)26-11-9-15(10-12-26)22-18(23)13-16-5-3-4-6-19(16)24-22/h3-6,13-15H,2,7-12,23H2,1H3. The van der Waals surface area contributed by atoms with Crippen LogP contribution in [0.2, 0.25) is 0 Å². The summed E-state index contributed by atoms with van der Waals surface area (Å²) in [6.45, 7) is 3.87. The Morgan fingerprint density at radius 1 is 1.28 bits per heavy atom. The molecular formula is C22H26N4O3. The van der Waals surface area contributed by atoms with E-state index >= 15 is 0 Å². The zero-order valence-corrected chi connectivity index (χ0v) is 16.6. The fourth-order valence-corrected chi connectivity index (χ4v) is 3.89. The number of anilines is 1. The normalized spacial score (nSPS) is 15.0. The van der Waals surface area contributed by atoms with Crippen molar-refractivity contribution in [2.45, 2.75) is 38.5 Å². The van der Waals surface area contributed by atoms with Crippen LogP contribution in [0.25, 0.3) is 10.9 Å². The number of amides is 1. The Hall–Kier alpha value is -3.09. The molecule has 0 bridgehead atoms. The summed E-state index contributed by atoms with van der Waals surface area (Å²) < 4.78 is 10.5. The molecule has 2 N–H and O–H groups in total. The summed E-state index contributed by atoms with van der Waals surface area (Å²) in [5, 5.41) is 4.89. The number of benzene rings is 1. The average Bonchev–Trinajstić information content (AvgIpc) is 3.19. The second-order valence-electron chi connectivity index (χ2n) is 7.38. The first kappa shape index (κ1) is 19.2. The van der Waals surface area contributed by atoms with Gasteiger partial charge in [-0.15, -0.1) is 0 Å². The molecule has 1 fully saturated rings. The molecular weight excluding hydrogens is 368 g/mol. The number of nitrogens with two attached hydrogens (primary N) is 1. The molecule has 0 aliphatic carbocycles. The van der Waals surface area contributed by atoms with E-state index in [1.165, 1.54) is 0 Å². The minimum absolute atomic E-state index is 0.136. The summed E-state index contributed by atoms with van der Waals surface area (Å²) in [5.74, 6) is 1.56. The van der Waals surface area contributed by atoms with E-state index in [0.717, 1.165) is 48.2 Å². The minimum atomic E-state index is 0.136. The van der Waals surface area contributed by atoms with Gasteiger partial charge in [0.1, 0.15) is 5.76 Å². The lowest BCUT2D eigenvalue weighted by molar-refractivity contribution is -0.132. The Balaban J connectivity index is 1.33. The first-order valence-electron chi connectivity index (χ1n) is 10.2. The van der Waals surface area contributed by atoms with Crippen LogP contribution < -0.4 is 10.5 Å². The van der Waals surface area contributed by atoms with Gasteiger partial charge in [0.2, 0.25) is 5.91 Å². The summed E-state index contributed by atoms with van der Waals surface area (Å²) in [5.41, 5.74) is 8.94. The van der Waals surface area contributed by atoms with Crippen LogP contribution >= 0.6 is 0 Å². The SMILES string of the molecule is CCOc1cc(CCC(=O)N2CCC(c3nc4ccccc4cc3N)CC2)on1. The third kappa shape index (κ3) is 4.34. The number of ether oxygens (including phenoxy) is 1. The molecule has 1 amide bonds. The predicted octanol–water partition coefficient (Wildman–Crippen LogP) is 3.54. The third-order valence-electron chi connectivity index (χ3n) is 5.43. The van der Waals surface area contributed by atoms with Gasteiger partial charge in [0.25, 0.3) is 5.88 Å². The van der Waals surface area contributed by atoms with Crippen LogP contribution in [0.5, 0.6) is 5.88 Å². The van der Waals surface area contributed by atoms with Crippen LogP contribution in [-0.4, -0.2) is 40.6 Å². The van der Waals surface area contributed by atoms with Gasteiger partial charge in [-0.2, -0.15) is 0 Å². The van der Waals surface area contributed by atoms with Gasteiger partial charge in [0.15, 0.2) is 0 Å². The van der Waals surface area contributed by atoms with Crippen LogP contribution in [0.15, 0.2) is 40.9 Å². The van der Waals surface area contributed by atoms with Crippen LogP contribution in [0.4, 0.5) is 5.69 Å². The molecule has 1 saturated heterocycles. The highest BCUT2D eigenvalue weighted by Crippen LogP contribution is 2.32. The molecule has 2 aromatic heterocycles. The molecule has 7 heteroatoms. The van der Waals surface area contributed by atoms with E-state index in [1.807, 2.05) is 42.2 Å². The maximum atomic E-state index is 12.6. The largest absolute Gasteiger partial charge is 0.476 e. The van der Waals surface area contributed by atoms with Gasteiger partial charge in [-0.3, -0.25) is 9.78 Å². The Labute approximate surface area is 169 Å². The molecule has 0 spiro atoms. The van der Waals surface area contributed by atoms with E-state index in [1.54, 1.807) is 6.07 Å². The van der Waals surface area contributed by atoms with E-state index in [-0.39, 0.29) is 11.8 Å². The molecule has 0 radical (unpaired) electrons. The van der Waals surface area contributed by atoms with Crippen molar-refractivity contribution in [1.82, 2.24) is 15.0 Å². The van der Waals surface area contributed by atoms with Crippen molar-refractivity contribution in [3.63, 3.8) is 0 Å². The number of hydrogen-bond donors (Lipinski definition) is 1. The van der Waals surface area contributed by atoms with Crippen molar-refractivity contribution in [3.05, 3.63) is 47.9 Å². The first-order chi connectivity index (χ1) is 14.1. The minimum Gasteiger partial charge on any atom is -0.476 e. The molecule has 4 rings (SSSR count). The number of piperidine rings is 1. The lowest BCUT2D eigenvalue weighted by Gasteiger charge is -2.32. The number of rotatable bonds is 6.